The molecule has 0 bridgehead atoms. The number of rotatable bonds is 4. The van der Waals surface area contributed by atoms with Gasteiger partial charge in [-0.2, -0.15) is 0 Å². The van der Waals surface area contributed by atoms with Crippen LogP contribution in [0.5, 0.6) is 0 Å². The lowest BCUT2D eigenvalue weighted by atomic mass is 10.0. The van der Waals surface area contributed by atoms with Crippen molar-refractivity contribution in [2.24, 2.45) is 0 Å². The Kier molecular flexibility index (Phi) is 4.96. The van der Waals surface area contributed by atoms with Crippen LogP contribution in [0.15, 0.2) is 54.6 Å². The van der Waals surface area contributed by atoms with Gasteiger partial charge in [-0.15, -0.1) is 0 Å². The minimum atomic E-state index is 0.241. The molecule has 23 heavy (non-hydrogen) atoms. The second kappa shape index (κ2) is 7.32. The minimum absolute atomic E-state index is 0.241. The number of anilines is 1. The van der Waals surface area contributed by atoms with E-state index < -0.39 is 0 Å². The lowest BCUT2D eigenvalue weighted by Crippen LogP contribution is -2.43. The number of para-hydroxylation sites is 1. The Morgan fingerprint density at radius 2 is 1.70 bits per heavy atom. The van der Waals surface area contributed by atoms with Crippen molar-refractivity contribution in [3.05, 3.63) is 65.7 Å². The fourth-order valence-electron chi connectivity index (χ4n) is 3.11. The van der Waals surface area contributed by atoms with Gasteiger partial charge in [0.25, 0.3) is 0 Å². The van der Waals surface area contributed by atoms with Crippen LogP contribution in [0, 0.1) is 6.92 Å². The molecular formula is C20H24N2O. The number of aryl methyl sites for hydroxylation is 1. The number of likely N-dealkylation sites (tertiary alicyclic amines) is 1. The Labute approximate surface area is 138 Å². The molecule has 0 spiro atoms. The van der Waals surface area contributed by atoms with E-state index in [-0.39, 0.29) is 5.91 Å². The van der Waals surface area contributed by atoms with E-state index in [9.17, 15) is 4.79 Å². The van der Waals surface area contributed by atoms with Crippen LogP contribution in [0.2, 0.25) is 0 Å². The summed E-state index contributed by atoms with van der Waals surface area (Å²) in [6.07, 6.45) is 2.53. The molecule has 1 saturated heterocycles. The van der Waals surface area contributed by atoms with E-state index in [0.717, 1.165) is 31.5 Å². The van der Waals surface area contributed by atoms with Crippen molar-refractivity contribution in [2.45, 2.75) is 32.2 Å². The highest BCUT2D eigenvalue weighted by atomic mass is 16.2. The molecule has 1 amide bonds. The summed E-state index contributed by atoms with van der Waals surface area (Å²) in [6, 6.07) is 18.8. The predicted octanol–water partition coefficient (Wildman–Crippen LogP) is 3.64. The van der Waals surface area contributed by atoms with Crippen molar-refractivity contribution in [2.75, 3.05) is 18.4 Å². The molecular weight excluding hydrogens is 284 g/mol. The van der Waals surface area contributed by atoms with Crippen LogP contribution in [0.25, 0.3) is 0 Å². The number of hydrogen-bond acceptors (Lipinski definition) is 2. The molecule has 0 aromatic heterocycles. The van der Waals surface area contributed by atoms with Crippen LogP contribution in [-0.2, 0) is 11.2 Å². The number of nitrogens with zero attached hydrogens (tertiary/aromatic N) is 1. The molecule has 0 radical (unpaired) electrons. The first kappa shape index (κ1) is 15.6. The molecule has 3 heteroatoms. The lowest BCUT2D eigenvalue weighted by Gasteiger charge is -2.33. The molecule has 1 aliphatic rings. The Balaban J connectivity index is 1.50. The Hall–Kier alpha value is -2.29. The van der Waals surface area contributed by atoms with Gasteiger partial charge in [-0.05, 0) is 37.0 Å². The number of amides is 1. The topological polar surface area (TPSA) is 32.3 Å². The number of carbonyl (C=O) groups is 1. The summed E-state index contributed by atoms with van der Waals surface area (Å²) in [4.78, 5) is 14.4. The molecule has 2 aromatic rings. The van der Waals surface area contributed by atoms with Crippen LogP contribution in [0.4, 0.5) is 5.69 Å². The first-order valence-electron chi connectivity index (χ1n) is 8.36. The van der Waals surface area contributed by atoms with E-state index in [0.29, 0.717) is 12.5 Å². The monoisotopic (exact) mass is 308 g/mol. The molecule has 2 aromatic carbocycles. The fourth-order valence-corrected chi connectivity index (χ4v) is 3.11. The zero-order valence-corrected chi connectivity index (χ0v) is 13.7. The quantitative estimate of drug-likeness (QED) is 0.935. The highest BCUT2D eigenvalue weighted by Crippen LogP contribution is 2.20. The van der Waals surface area contributed by atoms with Gasteiger partial charge in [0.2, 0.25) is 5.91 Å². The first-order valence-corrected chi connectivity index (χ1v) is 8.36. The maximum atomic E-state index is 12.4. The second-order valence-corrected chi connectivity index (χ2v) is 6.28. The zero-order chi connectivity index (χ0) is 16.1. The number of piperidine rings is 1. The molecule has 3 rings (SSSR count). The third-order valence-corrected chi connectivity index (χ3v) is 4.55. The molecule has 1 N–H and O–H groups in total. The average Bonchev–Trinajstić information content (AvgIpc) is 2.58. The third-order valence-electron chi connectivity index (χ3n) is 4.55. The normalized spacial score (nSPS) is 15.4. The van der Waals surface area contributed by atoms with Crippen LogP contribution < -0.4 is 5.32 Å². The second-order valence-electron chi connectivity index (χ2n) is 6.28. The van der Waals surface area contributed by atoms with Gasteiger partial charge in [-0.3, -0.25) is 4.79 Å². The molecule has 0 saturated carbocycles. The maximum absolute atomic E-state index is 12.4. The van der Waals surface area contributed by atoms with Gasteiger partial charge >= 0.3 is 0 Å². The molecule has 0 atom stereocenters. The smallest absolute Gasteiger partial charge is 0.226 e. The van der Waals surface area contributed by atoms with Crippen LogP contribution in [-0.4, -0.2) is 29.9 Å². The molecule has 0 aliphatic carbocycles. The standard InChI is InChI=1S/C20H24N2O/c1-16-7-5-6-10-19(16)21-18-11-13-22(14-12-18)20(23)15-17-8-3-2-4-9-17/h2-10,18,21H,11-15H2,1H3. The zero-order valence-electron chi connectivity index (χ0n) is 13.7. The molecule has 0 unspecified atom stereocenters. The third kappa shape index (κ3) is 4.13. The summed E-state index contributed by atoms with van der Waals surface area (Å²) < 4.78 is 0. The van der Waals surface area contributed by atoms with E-state index >= 15 is 0 Å². The van der Waals surface area contributed by atoms with Crippen LogP contribution in [0.3, 0.4) is 0 Å². The van der Waals surface area contributed by atoms with Crippen molar-refractivity contribution in [1.82, 2.24) is 4.90 Å². The van der Waals surface area contributed by atoms with E-state index in [1.807, 2.05) is 35.2 Å². The van der Waals surface area contributed by atoms with Crippen LogP contribution in [0.1, 0.15) is 24.0 Å². The fraction of sp³-hybridized carbons (Fsp3) is 0.350. The summed E-state index contributed by atoms with van der Waals surface area (Å²) in [5.41, 5.74) is 3.58. The van der Waals surface area contributed by atoms with Gasteiger partial charge in [0.1, 0.15) is 0 Å². The maximum Gasteiger partial charge on any atom is 0.226 e. The first-order chi connectivity index (χ1) is 11.2. The van der Waals surface area contributed by atoms with E-state index in [2.05, 4.69) is 36.5 Å². The number of benzene rings is 2. The van der Waals surface area contributed by atoms with Gasteiger partial charge in [0.15, 0.2) is 0 Å². The van der Waals surface area contributed by atoms with Crippen molar-refractivity contribution in [1.29, 1.82) is 0 Å². The SMILES string of the molecule is Cc1ccccc1NC1CCN(C(=O)Cc2ccccc2)CC1. The van der Waals surface area contributed by atoms with Crippen molar-refractivity contribution in [3.8, 4) is 0 Å². The minimum Gasteiger partial charge on any atom is -0.382 e. The molecule has 3 nitrogen and oxygen atoms in total. The van der Waals surface area contributed by atoms with Gasteiger partial charge < -0.3 is 10.2 Å². The van der Waals surface area contributed by atoms with Gasteiger partial charge in [-0.1, -0.05) is 48.5 Å². The lowest BCUT2D eigenvalue weighted by molar-refractivity contribution is -0.131. The summed E-state index contributed by atoms with van der Waals surface area (Å²) >= 11 is 0. The highest BCUT2D eigenvalue weighted by molar-refractivity contribution is 5.78. The number of nitrogens with one attached hydrogen (secondary N) is 1. The van der Waals surface area contributed by atoms with Crippen molar-refractivity contribution >= 4 is 11.6 Å². The van der Waals surface area contributed by atoms with Gasteiger partial charge in [0.05, 0.1) is 6.42 Å². The predicted molar refractivity (Wildman–Crippen MR) is 94.5 cm³/mol. The van der Waals surface area contributed by atoms with E-state index in [4.69, 9.17) is 0 Å². The molecule has 1 heterocycles. The summed E-state index contributed by atoms with van der Waals surface area (Å²) in [7, 11) is 0. The summed E-state index contributed by atoms with van der Waals surface area (Å²) in [6.45, 7) is 3.81. The van der Waals surface area contributed by atoms with E-state index in [1.165, 1.54) is 11.3 Å². The van der Waals surface area contributed by atoms with Crippen molar-refractivity contribution < 1.29 is 4.79 Å². The van der Waals surface area contributed by atoms with Crippen LogP contribution >= 0.6 is 0 Å². The van der Waals surface area contributed by atoms with Gasteiger partial charge in [-0.25, -0.2) is 0 Å². The molecule has 1 aliphatic heterocycles. The molecule has 120 valence electrons. The van der Waals surface area contributed by atoms with Gasteiger partial charge in [0, 0.05) is 24.8 Å². The number of hydrogen-bond donors (Lipinski definition) is 1. The average molecular weight is 308 g/mol. The van der Waals surface area contributed by atoms with E-state index in [1.54, 1.807) is 0 Å². The number of carbonyl (C=O) groups excluding carboxylic acids is 1. The Morgan fingerprint density at radius 1 is 1.04 bits per heavy atom. The Bertz CT molecular complexity index is 646. The summed E-state index contributed by atoms with van der Waals surface area (Å²) in [5.74, 6) is 0.241. The Morgan fingerprint density at radius 3 is 2.39 bits per heavy atom. The van der Waals surface area contributed by atoms with Crippen molar-refractivity contribution in [3.63, 3.8) is 0 Å². The highest BCUT2D eigenvalue weighted by Gasteiger charge is 2.22. The largest absolute Gasteiger partial charge is 0.382 e. The molecule has 1 fully saturated rings. The summed E-state index contributed by atoms with van der Waals surface area (Å²) in [5, 5.41) is 3.62.